The molecule has 2 rings (SSSR count). The van der Waals surface area contributed by atoms with Gasteiger partial charge in [-0.05, 0) is 18.2 Å². The Hall–Kier alpha value is -2.76. The average Bonchev–Trinajstić information content (AvgIpc) is 2.47. The van der Waals surface area contributed by atoms with Crippen LogP contribution in [-0.4, -0.2) is 28.8 Å². The number of hydrogen-bond donors (Lipinski definition) is 1. The molecule has 1 aromatic heterocycles. The van der Waals surface area contributed by atoms with Crippen LogP contribution in [0.2, 0.25) is 0 Å². The van der Waals surface area contributed by atoms with E-state index in [1.165, 1.54) is 18.0 Å². The highest BCUT2D eigenvalue weighted by Crippen LogP contribution is 2.11. The first-order valence-corrected chi connectivity index (χ1v) is 6.01. The normalized spacial score (nSPS) is 9.90. The molecular weight excluding hydrogens is 256 g/mol. The standard InChI is InChI=1S/C14H14N4O2/c1-10(19)18(2)14-15-9-8-12(17-14)16-13(20)11-6-4-3-5-7-11/h3-9H,1-2H3,(H,15,16,17,20). The molecule has 20 heavy (non-hydrogen) atoms. The smallest absolute Gasteiger partial charge is 0.256 e. The molecule has 0 spiro atoms. The van der Waals surface area contributed by atoms with Gasteiger partial charge in [0.15, 0.2) is 0 Å². The zero-order chi connectivity index (χ0) is 14.5. The molecule has 0 atom stereocenters. The van der Waals surface area contributed by atoms with Gasteiger partial charge < -0.3 is 5.32 Å². The van der Waals surface area contributed by atoms with Gasteiger partial charge in [-0.2, -0.15) is 4.98 Å². The van der Waals surface area contributed by atoms with Crippen molar-refractivity contribution in [1.29, 1.82) is 0 Å². The molecule has 0 aliphatic heterocycles. The van der Waals surface area contributed by atoms with E-state index >= 15 is 0 Å². The Bertz CT molecular complexity index is 628. The summed E-state index contributed by atoms with van der Waals surface area (Å²) in [6.45, 7) is 1.42. The predicted octanol–water partition coefficient (Wildman–Crippen LogP) is 1.71. The van der Waals surface area contributed by atoms with Crippen molar-refractivity contribution in [3.63, 3.8) is 0 Å². The lowest BCUT2D eigenvalue weighted by molar-refractivity contribution is -0.116. The second-order valence-electron chi connectivity index (χ2n) is 4.14. The maximum Gasteiger partial charge on any atom is 0.256 e. The zero-order valence-electron chi connectivity index (χ0n) is 11.2. The Morgan fingerprint density at radius 1 is 1.15 bits per heavy atom. The number of carbonyl (C=O) groups is 2. The van der Waals surface area contributed by atoms with Crippen LogP contribution in [0.4, 0.5) is 11.8 Å². The molecule has 6 nitrogen and oxygen atoms in total. The van der Waals surface area contributed by atoms with E-state index in [0.29, 0.717) is 11.4 Å². The van der Waals surface area contributed by atoms with Gasteiger partial charge in [0.2, 0.25) is 11.9 Å². The first kappa shape index (κ1) is 13.7. The van der Waals surface area contributed by atoms with Crippen molar-refractivity contribution in [2.24, 2.45) is 0 Å². The van der Waals surface area contributed by atoms with Crippen LogP contribution in [0.1, 0.15) is 17.3 Å². The lowest BCUT2D eigenvalue weighted by Crippen LogP contribution is -2.25. The number of benzene rings is 1. The summed E-state index contributed by atoms with van der Waals surface area (Å²) in [5.41, 5.74) is 0.535. The molecule has 0 saturated carbocycles. The van der Waals surface area contributed by atoms with Crippen LogP contribution >= 0.6 is 0 Å². The van der Waals surface area contributed by atoms with Gasteiger partial charge in [-0.1, -0.05) is 18.2 Å². The molecule has 2 amide bonds. The van der Waals surface area contributed by atoms with Crippen LogP contribution in [0.25, 0.3) is 0 Å². The molecule has 102 valence electrons. The van der Waals surface area contributed by atoms with E-state index in [0.717, 1.165) is 0 Å². The molecule has 1 N–H and O–H groups in total. The third kappa shape index (κ3) is 3.17. The lowest BCUT2D eigenvalue weighted by Gasteiger charge is -2.13. The third-order valence-corrected chi connectivity index (χ3v) is 2.69. The summed E-state index contributed by atoms with van der Waals surface area (Å²) < 4.78 is 0. The molecule has 0 radical (unpaired) electrons. The topological polar surface area (TPSA) is 75.2 Å². The lowest BCUT2D eigenvalue weighted by atomic mass is 10.2. The molecule has 0 fully saturated rings. The van der Waals surface area contributed by atoms with Gasteiger partial charge in [-0.3, -0.25) is 14.5 Å². The second kappa shape index (κ2) is 5.92. The summed E-state index contributed by atoms with van der Waals surface area (Å²) in [6, 6.07) is 10.4. The van der Waals surface area contributed by atoms with Crippen LogP contribution in [0.3, 0.4) is 0 Å². The number of carbonyl (C=O) groups excluding carboxylic acids is 2. The quantitative estimate of drug-likeness (QED) is 0.921. The first-order chi connectivity index (χ1) is 9.58. The molecule has 2 aromatic rings. The van der Waals surface area contributed by atoms with E-state index in [4.69, 9.17) is 0 Å². The Balaban J connectivity index is 2.16. The van der Waals surface area contributed by atoms with Crippen molar-refractivity contribution in [2.75, 3.05) is 17.3 Å². The van der Waals surface area contributed by atoms with E-state index in [1.54, 1.807) is 37.4 Å². The number of rotatable bonds is 3. The van der Waals surface area contributed by atoms with Crippen LogP contribution in [0.5, 0.6) is 0 Å². The number of aromatic nitrogens is 2. The maximum absolute atomic E-state index is 12.0. The van der Waals surface area contributed by atoms with Gasteiger partial charge in [-0.15, -0.1) is 0 Å². The van der Waals surface area contributed by atoms with Crippen molar-refractivity contribution in [3.05, 3.63) is 48.2 Å². The Morgan fingerprint density at radius 3 is 2.50 bits per heavy atom. The Kier molecular flexibility index (Phi) is 4.05. The van der Waals surface area contributed by atoms with Crippen LogP contribution in [-0.2, 0) is 4.79 Å². The minimum Gasteiger partial charge on any atom is -0.306 e. The van der Waals surface area contributed by atoms with Crippen LogP contribution < -0.4 is 10.2 Å². The van der Waals surface area contributed by atoms with Gasteiger partial charge in [0, 0.05) is 25.7 Å². The largest absolute Gasteiger partial charge is 0.306 e. The van der Waals surface area contributed by atoms with Crippen LogP contribution in [0, 0.1) is 0 Å². The van der Waals surface area contributed by atoms with E-state index < -0.39 is 0 Å². The Labute approximate surface area is 116 Å². The molecule has 0 saturated heterocycles. The highest BCUT2D eigenvalue weighted by atomic mass is 16.2. The summed E-state index contributed by atoms with van der Waals surface area (Å²) in [5.74, 6) is 0.137. The highest BCUT2D eigenvalue weighted by Gasteiger charge is 2.11. The summed E-state index contributed by atoms with van der Waals surface area (Å²) in [5, 5.41) is 2.66. The number of hydrogen-bond acceptors (Lipinski definition) is 4. The summed E-state index contributed by atoms with van der Waals surface area (Å²) in [7, 11) is 1.57. The number of amides is 2. The van der Waals surface area contributed by atoms with E-state index in [9.17, 15) is 9.59 Å². The fourth-order valence-electron chi connectivity index (χ4n) is 1.50. The van der Waals surface area contributed by atoms with Gasteiger partial charge in [0.05, 0.1) is 0 Å². The van der Waals surface area contributed by atoms with E-state index in [1.807, 2.05) is 6.07 Å². The van der Waals surface area contributed by atoms with Crippen molar-refractivity contribution in [2.45, 2.75) is 6.92 Å². The number of nitrogens with zero attached hydrogens (tertiary/aromatic N) is 3. The second-order valence-corrected chi connectivity index (χ2v) is 4.14. The highest BCUT2D eigenvalue weighted by molar-refractivity contribution is 6.03. The minimum absolute atomic E-state index is 0.184. The average molecular weight is 270 g/mol. The van der Waals surface area contributed by atoms with E-state index in [-0.39, 0.29) is 17.8 Å². The van der Waals surface area contributed by atoms with Crippen LogP contribution in [0.15, 0.2) is 42.6 Å². The fourth-order valence-corrected chi connectivity index (χ4v) is 1.50. The molecule has 1 aromatic carbocycles. The maximum atomic E-state index is 12.0. The summed E-state index contributed by atoms with van der Waals surface area (Å²) >= 11 is 0. The predicted molar refractivity (Wildman–Crippen MR) is 75.5 cm³/mol. The molecule has 1 heterocycles. The van der Waals surface area contributed by atoms with Gasteiger partial charge in [-0.25, -0.2) is 4.98 Å². The molecule has 6 heteroatoms. The molecule has 0 unspecified atom stereocenters. The molecule has 0 aliphatic rings. The molecule has 0 aliphatic carbocycles. The van der Waals surface area contributed by atoms with Crippen molar-refractivity contribution >= 4 is 23.6 Å². The SMILES string of the molecule is CC(=O)N(C)c1nccc(NC(=O)c2ccccc2)n1. The zero-order valence-corrected chi connectivity index (χ0v) is 11.2. The van der Waals surface area contributed by atoms with Gasteiger partial charge in [0.1, 0.15) is 5.82 Å². The molecular formula is C14H14N4O2. The van der Waals surface area contributed by atoms with E-state index in [2.05, 4.69) is 15.3 Å². The fraction of sp³-hybridized carbons (Fsp3) is 0.143. The first-order valence-electron chi connectivity index (χ1n) is 6.01. The van der Waals surface area contributed by atoms with Crippen molar-refractivity contribution in [3.8, 4) is 0 Å². The van der Waals surface area contributed by atoms with Gasteiger partial charge >= 0.3 is 0 Å². The van der Waals surface area contributed by atoms with Crippen molar-refractivity contribution in [1.82, 2.24) is 9.97 Å². The molecule has 0 bridgehead atoms. The Morgan fingerprint density at radius 2 is 1.85 bits per heavy atom. The summed E-state index contributed by atoms with van der Waals surface area (Å²) in [6.07, 6.45) is 1.49. The van der Waals surface area contributed by atoms with Crippen molar-refractivity contribution < 1.29 is 9.59 Å². The number of anilines is 2. The number of nitrogens with one attached hydrogen (secondary N) is 1. The monoisotopic (exact) mass is 270 g/mol. The summed E-state index contributed by atoms with van der Waals surface area (Å²) in [4.78, 5) is 32.6. The van der Waals surface area contributed by atoms with Gasteiger partial charge in [0.25, 0.3) is 5.91 Å². The third-order valence-electron chi connectivity index (χ3n) is 2.69. The minimum atomic E-state index is -0.263.